The van der Waals surface area contributed by atoms with E-state index in [1.807, 2.05) is 0 Å². The number of nitrogens with two attached hydrogens (primary N) is 2. The summed E-state index contributed by atoms with van der Waals surface area (Å²) in [6.07, 6.45) is 2.97. The number of hydrogen-bond donors (Lipinski definition) is 2. The summed E-state index contributed by atoms with van der Waals surface area (Å²) in [5.74, 6) is -0.419. The van der Waals surface area contributed by atoms with Crippen molar-refractivity contribution in [2.24, 2.45) is 11.5 Å². The van der Waals surface area contributed by atoms with E-state index in [2.05, 4.69) is 30.8 Å². The molecule has 1 amide bonds. The predicted octanol–water partition coefficient (Wildman–Crippen LogP) is -0.00630. The lowest BCUT2D eigenvalue weighted by Crippen LogP contribution is -2.54. The molecule has 5 heteroatoms. The average Bonchev–Trinajstić information content (AvgIpc) is 2.28. The van der Waals surface area contributed by atoms with Gasteiger partial charge in [-0.05, 0) is 60.3 Å². The minimum absolute atomic E-state index is 0.301. The van der Waals surface area contributed by atoms with Crippen molar-refractivity contribution in [1.82, 2.24) is 9.80 Å². The molecule has 5 nitrogen and oxygen atoms in total. The van der Waals surface area contributed by atoms with Crippen LogP contribution in [0.3, 0.4) is 0 Å². The molecule has 4 N–H and O–H groups in total. The lowest BCUT2D eigenvalue weighted by Gasteiger charge is -2.40. The molecule has 0 saturated carbocycles. The SMILES string of the molecule is CC(CC(C)(N)C(N)=O)N1CCC(N(C)C)CC1. The number of primary amides is 1. The lowest BCUT2D eigenvalue weighted by molar-refractivity contribution is -0.123. The minimum Gasteiger partial charge on any atom is -0.368 e. The molecule has 0 bridgehead atoms. The molecule has 1 aliphatic heterocycles. The highest BCUT2D eigenvalue weighted by atomic mass is 16.1. The Balaban J connectivity index is 2.45. The Morgan fingerprint density at radius 3 is 2.33 bits per heavy atom. The molecule has 1 rings (SSSR count). The van der Waals surface area contributed by atoms with Gasteiger partial charge in [-0.2, -0.15) is 0 Å². The summed E-state index contributed by atoms with van der Waals surface area (Å²) in [5, 5.41) is 0. The molecule has 0 aromatic rings. The molecule has 1 aliphatic rings. The monoisotopic (exact) mass is 256 g/mol. The van der Waals surface area contributed by atoms with E-state index in [0.29, 0.717) is 18.5 Å². The van der Waals surface area contributed by atoms with Crippen molar-refractivity contribution >= 4 is 5.91 Å². The van der Waals surface area contributed by atoms with Crippen LogP contribution in [0.5, 0.6) is 0 Å². The number of carbonyl (C=O) groups is 1. The topological polar surface area (TPSA) is 75.6 Å². The Morgan fingerprint density at radius 1 is 1.44 bits per heavy atom. The molecule has 1 heterocycles. The zero-order valence-corrected chi connectivity index (χ0v) is 12.1. The Labute approximate surface area is 110 Å². The van der Waals surface area contributed by atoms with Crippen LogP contribution in [-0.4, -0.2) is 60.5 Å². The highest BCUT2D eigenvalue weighted by Crippen LogP contribution is 2.20. The molecule has 1 fully saturated rings. The quantitative estimate of drug-likeness (QED) is 0.725. The zero-order chi connectivity index (χ0) is 13.9. The van der Waals surface area contributed by atoms with Crippen LogP contribution >= 0.6 is 0 Å². The van der Waals surface area contributed by atoms with Crippen LogP contribution in [0.2, 0.25) is 0 Å². The van der Waals surface area contributed by atoms with E-state index in [1.165, 1.54) is 12.8 Å². The van der Waals surface area contributed by atoms with Crippen LogP contribution in [0, 0.1) is 0 Å². The average molecular weight is 256 g/mol. The maximum atomic E-state index is 11.3. The maximum absolute atomic E-state index is 11.3. The lowest BCUT2D eigenvalue weighted by atomic mass is 9.92. The second-order valence-electron chi connectivity index (χ2n) is 6.07. The van der Waals surface area contributed by atoms with Gasteiger partial charge in [-0.15, -0.1) is 0 Å². The van der Waals surface area contributed by atoms with Gasteiger partial charge in [-0.3, -0.25) is 4.79 Å². The van der Waals surface area contributed by atoms with Crippen LogP contribution in [0.15, 0.2) is 0 Å². The molecule has 0 radical (unpaired) electrons. The summed E-state index contributed by atoms with van der Waals surface area (Å²) in [5.41, 5.74) is 10.3. The van der Waals surface area contributed by atoms with Crippen molar-refractivity contribution in [1.29, 1.82) is 0 Å². The van der Waals surface area contributed by atoms with Gasteiger partial charge in [0.2, 0.25) is 5.91 Å². The van der Waals surface area contributed by atoms with Crippen molar-refractivity contribution in [3.63, 3.8) is 0 Å². The van der Waals surface area contributed by atoms with E-state index in [9.17, 15) is 4.79 Å². The third-order valence-corrected chi connectivity index (χ3v) is 4.14. The van der Waals surface area contributed by atoms with Gasteiger partial charge < -0.3 is 21.3 Å². The predicted molar refractivity (Wildman–Crippen MR) is 74.1 cm³/mol. The number of piperidine rings is 1. The molecule has 0 aliphatic carbocycles. The van der Waals surface area contributed by atoms with Gasteiger partial charge in [0.1, 0.15) is 0 Å². The van der Waals surface area contributed by atoms with Crippen LogP contribution < -0.4 is 11.5 Å². The first-order chi connectivity index (χ1) is 8.24. The normalized spacial score (nSPS) is 23.9. The van der Waals surface area contributed by atoms with Crippen LogP contribution in [-0.2, 0) is 4.79 Å². The number of nitrogens with zero attached hydrogens (tertiary/aromatic N) is 2. The van der Waals surface area contributed by atoms with Gasteiger partial charge in [-0.1, -0.05) is 0 Å². The molecular weight excluding hydrogens is 228 g/mol. The Hall–Kier alpha value is -0.650. The molecule has 18 heavy (non-hydrogen) atoms. The van der Waals surface area contributed by atoms with Crippen LogP contribution in [0.25, 0.3) is 0 Å². The van der Waals surface area contributed by atoms with Gasteiger partial charge >= 0.3 is 0 Å². The van der Waals surface area contributed by atoms with Gasteiger partial charge in [0.25, 0.3) is 0 Å². The summed E-state index contributed by atoms with van der Waals surface area (Å²) >= 11 is 0. The third-order valence-electron chi connectivity index (χ3n) is 4.14. The number of carbonyl (C=O) groups excluding carboxylic acids is 1. The zero-order valence-electron chi connectivity index (χ0n) is 12.1. The van der Waals surface area contributed by atoms with Crippen molar-refractivity contribution in [3.05, 3.63) is 0 Å². The standard InChI is InChI=1S/C13H28N4O/c1-10(9-13(2,15)12(14)18)17-7-5-11(6-8-17)16(3)4/h10-11H,5-9,15H2,1-4H3,(H2,14,18). The van der Waals surface area contributed by atoms with Crippen molar-refractivity contribution in [3.8, 4) is 0 Å². The molecule has 2 unspecified atom stereocenters. The number of amides is 1. The maximum Gasteiger partial charge on any atom is 0.237 e. The van der Waals surface area contributed by atoms with Gasteiger partial charge in [0.05, 0.1) is 5.54 Å². The van der Waals surface area contributed by atoms with Gasteiger partial charge in [0, 0.05) is 12.1 Å². The summed E-state index contributed by atoms with van der Waals surface area (Å²) in [6, 6.07) is 0.976. The molecular formula is C13H28N4O. The highest BCUT2D eigenvalue weighted by Gasteiger charge is 2.31. The second-order valence-corrected chi connectivity index (χ2v) is 6.07. The number of rotatable bonds is 5. The second kappa shape index (κ2) is 5.99. The van der Waals surface area contributed by atoms with Crippen molar-refractivity contribution in [2.75, 3.05) is 27.2 Å². The van der Waals surface area contributed by atoms with E-state index >= 15 is 0 Å². The minimum atomic E-state index is -0.905. The first-order valence-electron chi connectivity index (χ1n) is 6.73. The fourth-order valence-corrected chi connectivity index (χ4v) is 2.69. The van der Waals surface area contributed by atoms with E-state index in [1.54, 1.807) is 6.92 Å². The summed E-state index contributed by atoms with van der Waals surface area (Å²) < 4.78 is 0. The number of hydrogen-bond acceptors (Lipinski definition) is 4. The largest absolute Gasteiger partial charge is 0.368 e. The molecule has 106 valence electrons. The fourth-order valence-electron chi connectivity index (χ4n) is 2.69. The molecule has 0 spiro atoms. The van der Waals surface area contributed by atoms with Gasteiger partial charge in [-0.25, -0.2) is 0 Å². The Morgan fingerprint density at radius 2 is 1.94 bits per heavy atom. The summed E-state index contributed by atoms with van der Waals surface area (Å²) in [7, 11) is 4.27. The first-order valence-corrected chi connectivity index (χ1v) is 6.73. The molecule has 0 aromatic heterocycles. The fraction of sp³-hybridized carbons (Fsp3) is 0.923. The summed E-state index contributed by atoms with van der Waals surface area (Å²) in [4.78, 5) is 16.0. The highest BCUT2D eigenvalue weighted by molar-refractivity contribution is 5.83. The van der Waals surface area contributed by atoms with Crippen LogP contribution in [0.1, 0.15) is 33.1 Å². The van der Waals surface area contributed by atoms with Crippen molar-refractivity contribution in [2.45, 2.75) is 50.7 Å². The first kappa shape index (κ1) is 15.4. The Kier molecular flexibility index (Phi) is 5.13. The summed E-state index contributed by atoms with van der Waals surface area (Å²) in [6.45, 7) is 5.99. The molecule has 2 atom stereocenters. The molecule has 1 saturated heterocycles. The third kappa shape index (κ3) is 3.93. The Bertz CT molecular complexity index is 283. The van der Waals surface area contributed by atoms with E-state index in [0.717, 1.165) is 13.1 Å². The van der Waals surface area contributed by atoms with E-state index in [-0.39, 0.29) is 0 Å². The van der Waals surface area contributed by atoms with Crippen LogP contribution in [0.4, 0.5) is 0 Å². The van der Waals surface area contributed by atoms with Gasteiger partial charge in [0.15, 0.2) is 0 Å². The van der Waals surface area contributed by atoms with E-state index < -0.39 is 11.4 Å². The smallest absolute Gasteiger partial charge is 0.237 e. The number of likely N-dealkylation sites (tertiary alicyclic amines) is 1. The molecule has 0 aromatic carbocycles. The van der Waals surface area contributed by atoms with E-state index in [4.69, 9.17) is 11.5 Å². The van der Waals surface area contributed by atoms with Crippen molar-refractivity contribution < 1.29 is 4.79 Å².